The summed E-state index contributed by atoms with van der Waals surface area (Å²) in [5.41, 5.74) is 0. The molecule has 0 amide bonds. The molecule has 1 aliphatic rings. The van der Waals surface area contributed by atoms with Gasteiger partial charge in [-0.1, -0.05) is 26.0 Å². The maximum Gasteiger partial charge on any atom is 0.0439 e. The van der Waals surface area contributed by atoms with Crippen LogP contribution in [0.25, 0.3) is 0 Å². The summed E-state index contributed by atoms with van der Waals surface area (Å²) in [6.45, 7) is 6.17. The van der Waals surface area contributed by atoms with Gasteiger partial charge in [-0.25, -0.2) is 0 Å². The fourth-order valence-corrected chi connectivity index (χ4v) is 0.682. The van der Waals surface area contributed by atoms with Gasteiger partial charge < -0.3 is 4.90 Å². The van der Waals surface area contributed by atoms with Gasteiger partial charge in [-0.3, -0.25) is 0 Å². The average molecular weight is 139 g/mol. The van der Waals surface area contributed by atoms with Crippen molar-refractivity contribution in [2.75, 3.05) is 7.05 Å². The second kappa shape index (κ2) is 5.10. The first-order valence-corrected chi connectivity index (χ1v) is 3.87. The van der Waals surface area contributed by atoms with E-state index in [1.807, 2.05) is 19.9 Å². The van der Waals surface area contributed by atoms with Gasteiger partial charge in [-0.15, -0.1) is 0 Å². The summed E-state index contributed by atoms with van der Waals surface area (Å²) < 4.78 is 0. The van der Waals surface area contributed by atoms with Crippen LogP contribution in [-0.4, -0.2) is 18.0 Å². The topological polar surface area (TPSA) is 3.24 Å². The molecule has 0 saturated heterocycles. The van der Waals surface area contributed by atoms with E-state index in [0.29, 0.717) is 6.04 Å². The summed E-state index contributed by atoms with van der Waals surface area (Å²) in [6.07, 6.45) is 8.36. The molecule has 1 atom stereocenters. The van der Waals surface area contributed by atoms with E-state index in [-0.39, 0.29) is 0 Å². The zero-order valence-electron chi connectivity index (χ0n) is 7.33. The molecule has 0 saturated carbocycles. The lowest BCUT2D eigenvalue weighted by molar-refractivity contribution is 0.403. The fourth-order valence-electron chi connectivity index (χ4n) is 0.682. The largest absolute Gasteiger partial charge is 0.374 e. The van der Waals surface area contributed by atoms with Crippen LogP contribution in [0, 0.1) is 0 Å². The minimum atomic E-state index is 0.569. The predicted molar refractivity (Wildman–Crippen MR) is 46.9 cm³/mol. The summed E-state index contributed by atoms with van der Waals surface area (Å²) in [5, 5.41) is 0. The molecule has 0 N–H and O–H groups in total. The number of allylic oxidation sites excluding steroid dienone is 2. The summed E-state index contributed by atoms with van der Waals surface area (Å²) in [6, 6.07) is 0.569. The van der Waals surface area contributed by atoms with Crippen LogP contribution in [0.3, 0.4) is 0 Å². The molecule has 0 spiro atoms. The Labute approximate surface area is 64.0 Å². The molecule has 58 valence electrons. The average Bonchev–Trinajstić information content (AvgIpc) is 2.00. The monoisotopic (exact) mass is 139 g/mol. The van der Waals surface area contributed by atoms with E-state index in [4.69, 9.17) is 0 Å². The first-order valence-electron chi connectivity index (χ1n) is 3.87. The lowest BCUT2D eigenvalue weighted by atomic mass is 10.2. The lowest BCUT2D eigenvalue weighted by Gasteiger charge is -2.21. The molecule has 0 bridgehead atoms. The van der Waals surface area contributed by atoms with Gasteiger partial charge in [-0.2, -0.15) is 0 Å². The van der Waals surface area contributed by atoms with Crippen LogP contribution in [0.1, 0.15) is 20.8 Å². The summed E-state index contributed by atoms with van der Waals surface area (Å²) in [4.78, 5) is 2.17. The van der Waals surface area contributed by atoms with E-state index in [2.05, 4.69) is 37.2 Å². The van der Waals surface area contributed by atoms with Crippen molar-refractivity contribution in [2.24, 2.45) is 0 Å². The predicted octanol–water partition coefficient (Wildman–Crippen LogP) is 2.42. The van der Waals surface area contributed by atoms with Gasteiger partial charge >= 0.3 is 0 Å². The molecule has 1 heteroatoms. The van der Waals surface area contributed by atoms with Gasteiger partial charge in [0.05, 0.1) is 0 Å². The summed E-state index contributed by atoms with van der Waals surface area (Å²) >= 11 is 0. The number of likely N-dealkylation sites (N-methyl/N-ethyl adjacent to an activating group) is 1. The van der Waals surface area contributed by atoms with Crippen molar-refractivity contribution in [3.8, 4) is 0 Å². The molecule has 0 aromatic heterocycles. The third kappa shape index (κ3) is 2.72. The molecule has 0 radical (unpaired) electrons. The van der Waals surface area contributed by atoms with Crippen LogP contribution in [0.4, 0.5) is 0 Å². The molecular weight excluding hydrogens is 122 g/mol. The van der Waals surface area contributed by atoms with Crippen molar-refractivity contribution in [3.63, 3.8) is 0 Å². The van der Waals surface area contributed by atoms with Gasteiger partial charge in [0.1, 0.15) is 0 Å². The highest BCUT2D eigenvalue weighted by Crippen LogP contribution is 2.02. The van der Waals surface area contributed by atoms with E-state index in [1.54, 1.807) is 0 Å². The van der Waals surface area contributed by atoms with Gasteiger partial charge in [-0.05, 0) is 19.2 Å². The van der Waals surface area contributed by atoms with Crippen molar-refractivity contribution in [1.29, 1.82) is 0 Å². The van der Waals surface area contributed by atoms with Crippen LogP contribution >= 0.6 is 0 Å². The van der Waals surface area contributed by atoms with Crippen molar-refractivity contribution < 1.29 is 0 Å². The van der Waals surface area contributed by atoms with Crippen LogP contribution in [-0.2, 0) is 0 Å². The first kappa shape index (κ1) is 9.28. The Hall–Kier alpha value is -0.720. The molecule has 0 aromatic rings. The normalized spacial score (nSPS) is 22.0. The van der Waals surface area contributed by atoms with Crippen molar-refractivity contribution >= 4 is 0 Å². The number of rotatable bonds is 0. The number of hydrogen-bond donors (Lipinski definition) is 0. The molecular formula is C9H17N. The molecule has 1 rings (SSSR count). The maximum absolute atomic E-state index is 2.17. The molecule has 0 aromatic carbocycles. The van der Waals surface area contributed by atoms with E-state index in [0.717, 1.165) is 0 Å². The molecule has 0 fully saturated rings. The zero-order chi connectivity index (χ0) is 7.98. The Kier molecular flexibility index (Phi) is 4.73. The molecule has 1 unspecified atom stereocenters. The SMILES string of the molecule is CC.CC1C=CC=CN1C. The third-order valence-corrected chi connectivity index (χ3v) is 1.46. The number of nitrogens with zero attached hydrogens (tertiary/aromatic N) is 1. The Morgan fingerprint density at radius 3 is 2.10 bits per heavy atom. The first-order chi connectivity index (χ1) is 4.80. The van der Waals surface area contributed by atoms with Gasteiger partial charge in [0.15, 0.2) is 0 Å². The van der Waals surface area contributed by atoms with Crippen LogP contribution < -0.4 is 0 Å². The standard InChI is InChI=1S/C7H11N.C2H6/c1-7-5-3-4-6-8(7)2;1-2/h3-7H,1-2H3;1-2H3. The van der Waals surface area contributed by atoms with Gasteiger partial charge in [0.2, 0.25) is 0 Å². The lowest BCUT2D eigenvalue weighted by Crippen LogP contribution is -2.22. The Balaban J connectivity index is 0.000000371. The molecule has 10 heavy (non-hydrogen) atoms. The van der Waals surface area contributed by atoms with Crippen LogP contribution in [0.15, 0.2) is 24.4 Å². The second-order valence-corrected chi connectivity index (χ2v) is 2.13. The minimum Gasteiger partial charge on any atom is -0.374 e. The van der Waals surface area contributed by atoms with Crippen LogP contribution in [0.5, 0.6) is 0 Å². The molecule has 1 heterocycles. The quantitative estimate of drug-likeness (QED) is 0.498. The Morgan fingerprint density at radius 1 is 1.20 bits per heavy atom. The Bertz CT molecular complexity index is 109. The van der Waals surface area contributed by atoms with Crippen LogP contribution in [0.2, 0.25) is 0 Å². The van der Waals surface area contributed by atoms with Gasteiger partial charge in [0, 0.05) is 13.1 Å². The second-order valence-electron chi connectivity index (χ2n) is 2.13. The van der Waals surface area contributed by atoms with E-state index in [9.17, 15) is 0 Å². The third-order valence-electron chi connectivity index (χ3n) is 1.46. The summed E-state index contributed by atoms with van der Waals surface area (Å²) in [7, 11) is 2.07. The fraction of sp³-hybridized carbons (Fsp3) is 0.556. The molecule has 1 nitrogen and oxygen atoms in total. The van der Waals surface area contributed by atoms with Crippen molar-refractivity contribution in [1.82, 2.24) is 4.90 Å². The highest BCUT2D eigenvalue weighted by atomic mass is 15.1. The van der Waals surface area contributed by atoms with Crippen molar-refractivity contribution in [2.45, 2.75) is 26.8 Å². The van der Waals surface area contributed by atoms with E-state index >= 15 is 0 Å². The highest BCUT2D eigenvalue weighted by Gasteiger charge is 2.00. The molecule has 0 aliphatic carbocycles. The van der Waals surface area contributed by atoms with E-state index in [1.165, 1.54) is 0 Å². The minimum absolute atomic E-state index is 0.569. The van der Waals surface area contributed by atoms with E-state index < -0.39 is 0 Å². The number of hydrogen-bond acceptors (Lipinski definition) is 1. The summed E-state index contributed by atoms with van der Waals surface area (Å²) in [5.74, 6) is 0. The Morgan fingerprint density at radius 2 is 1.80 bits per heavy atom. The maximum atomic E-state index is 2.17. The smallest absolute Gasteiger partial charge is 0.0439 e. The highest BCUT2D eigenvalue weighted by molar-refractivity contribution is 5.11. The van der Waals surface area contributed by atoms with Gasteiger partial charge in [0.25, 0.3) is 0 Å². The molecule has 1 aliphatic heterocycles. The van der Waals surface area contributed by atoms with Crippen molar-refractivity contribution in [3.05, 3.63) is 24.4 Å². The zero-order valence-corrected chi connectivity index (χ0v) is 7.33.